The first-order chi connectivity index (χ1) is 10.4. The predicted octanol–water partition coefficient (Wildman–Crippen LogP) is 3.36. The Hall–Kier alpha value is -2.50. The van der Waals surface area contributed by atoms with Crippen molar-refractivity contribution < 1.29 is 18.0 Å². The van der Waals surface area contributed by atoms with Crippen LogP contribution in [0.2, 0.25) is 0 Å². The van der Waals surface area contributed by atoms with E-state index in [1.54, 1.807) is 54.6 Å². The quantitative estimate of drug-likeness (QED) is 0.880. The summed E-state index contributed by atoms with van der Waals surface area (Å²) < 4.78 is 38.3. The molecule has 2 rings (SSSR count). The molecule has 6 heteroatoms. The van der Waals surface area contributed by atoms with Gasteiger partial charge in [0.05, 0.1) is 0 Å². The molecule has 0 unspecified atom stereocenters. The van der Waals surface area contributed by atoms with Crippen molar-refractivity contribution in [1.82, 2.24) is 4.90 Å². The summed E-state index contributed by atoms with van der Waals surface area (Å²) in [5.41, 5.74) is 7.24. The molecule has 0 aliphatic heterocycles. The number of nitrogens with zero attached hydrogens (tertiary/aromatic N) is 1. The lowest BCUT2D eigenvalue weighted by Crippen LogP contribution is -2.40. The monoisotopic (exact) mass is 308 g/mol. The van der Waals surface area contributed by atoms with Gasteiger partial charge in [-0.05, 0) is 23.3 Å². The van der Waals surface area contributed by atoms with E-state index in [9.17, 15) is 18.0 Å². The van der Waals surface area contributed by atoms with Gasteiger partial charge in [0.15, 0.2) is 0 Å². The van der Waals surface area contributed by atoms with Gasteiger partial charge >= 0.3 is 12.1 Å². The Bertz CT molecular complexity index is 641. The first-order valence-electron chi connectivity index (χ1n) is 6.60. The number of amides is 1. The van der Waals surface area contributed by atoms with Gasteiger partial charge in [-0.25, -0.2) is 0 Å². The summed E-state index contributed by atoms with van der Waals surface area (Å²) in [6.07, 6.45) is -4.91. The molecular weight excluding hydrogens is 293 g/mol. The summed E-state index contributed by atoms with van der Waals surface area (Å²) >= 11 is 0. The molecule has 116 valence electrons. The van der Waals surface area contributed by atoms with Gasteiger partial charge in [0.25, 0.3) is 0 Å². The van der Waals surface area contributed by atoms with Crippen LogP contribution in [0.3, 0.4) is 0 Å². The van der Waals surface area contributed by atoms with Crippen molar-refractivity contribution in [2.24, 2.45) is 0 Å². The maximum Gasteiger partial charge on any atom is 0.471 e. The molecular formula is C16H15F3N2O. The second kappa shape index (κ2) is 6.51. The summed E-state index contributed by atoms with van der Waals surface area (Å²) in [6, 6.07) is 15.0. The second-order valence-electron chi connectivity index (χ2n) is 4.89. The second-order valence-corrected chi connectivity index (χ2v) is 4.89. The summed E-state index contributed by atoms with van der Waals surface area (Å²) in [5, 5.41) is 0. The van der Waals surface area contributed by atoms with Gasteiger partial charge < -0.3 is 10.6 Å². The van der Waals surface area contributed by atoms with Crippen LogP contribution in [-0.4, -0.2) is 17.0 Å². The number of hydrogen-bond donors (Lipinski definition) is 1. The van der Waals surface area contributed by atoms with Crippen molar-refractivity contribution in [1.29, 1.82) is 0 Å². The lowest BCUT2D eigenvalue weighted by molar-refractivity contribution is -0.186. The molecule has 0 fully saturated rings. The molecule has 0 spiro atoms. The molecule has 0 atom stereocenters. The van der Waals surface area contributed by atoms with Crippen molar-refractivity contribution in [3.05, 3.63) is 65.7 Å². The Labute approximate surface area is 126 Å². The Kier molecular flexibility index (Phi) is 4.70. The van der Waals surface area contributed by atoms with E-state index in [1.165, 1.54) is 0 Å². The fourth-order valence-electron chi connectivity index (χ4n) is 2.09. The Morgan fingerprint density at radius 3 is 2.14 bits per heavy atom. The molecule has 0 heterocycles. The SMILES string of the molecule is Nc1cccc(CN(Cc2ccccc2)C(=O)C(F)(F)F)c1. The summed E-state index contributed by atoms with van der Waals surface area (Å²) in [5.74, 6) is -1.86. The van der Waals surface area contributed by atoms with Crippen LogP contribution in [0.4, 0.5) is 18.9 Å². The minimum Gasteiger partial charge on any atom is -0.399 e. The maximum atomic E-state index is 12.8. The average Bonchev–Trinajstić information content (AvgIpc) is 2.46. The molecule has 2 aromatic carbocycles. The van der Waals surface area contributed by atoms with Crippen LogP contribution in [0.25, 0.3) is 0 Å². The van der Waals surface area contributed by atoms with E-state index in [2.05, 4.69) is 0 Å². The van der Waals surface area contributed by atoms with E-state index in [0.29, 0.717) is 16.8 Å². The molecule has 0 radical (unpaired) electrons. The zero-order chi connectivity index (χ0) is 16.2. The molecule has 0 saturated heterocycles. The van der Waals surface area contributed by atoms with Gasteiger partial charge in [0.2, 0.25) is 0 Å². The third kappa shape index (κ3) is 4.25. The number of rotatable bonds is 4. The predicted molar refractivity (Wildman–Crippen MR) is 77.6 cm³/mol. The van der Waals surface area contributed by atoms with Crippen molar-refractivity contribution in [3.63, 3.8) is 0 Å². The summed E-state index contributed by atoms with van der Waals surface area (Å²) in [6.45, 7) is -0.272. The lowest BCUT2D eigenvalue weighted by atomic mass is 10.1. The van der Waals surface area contributed by atoms with Gasteiger partial charge in [0, 0.05) is 18.8 Å². The zero-order valence-electron chi connectivity index (χ0n) is 11.7. The molecule has 2 aromatic rings. The minimum atomic E-state index is -4.91. The number of halogens is 3. The Morgan fingerprint density at radius 1 is 0.955 bits per heavy atom. The number of carbonyl (C=O) groups is 1. The molecule has 3 nitrogen and oxygen atoms in total. The van der Waals surface area contributed by atoms with Gasteiger partial charge in [-0.15, -0.1) is 0 Å². The highest BCUT2D eigenvalue weighted by molar-refractivity contribution is 5.81. The smallest absolute Gasteiger partial charge is 0.399 e. The molecule has 22 heavy (non-hydrogen) atoms. The molecule has 2 N–H and O–H groups in total. The van der Waals surface area contributed by atoms with Crippen molar-refractivity contribution in [3.8, 4) is 0 Å². The van der Waals surface area contributed by atoms with E-state index in [1.807, 2.05) is 0 Å². The number of alkyl halides is 3. The fraction of sp³-hybridized carbons (Fsp3) is 0.188. The van der Waals surface area contributed by atoms with Crippen LogP contribution in [0, 0.1) is 0 Å². The van der Waals surface area contributed by atoms with E-state index >= 15 is 0 Å². The highest BCUT2D eigenvalue weighted by Crippen LogP contribution is 2.22. The molecule has 1 amide bonds. The number of nitrogen functional groups attached to an aromatic ring is 1. The van der Waals surface area contributed by atoms with Crippen molar-refractivity contribution in [2.45, 2.75) is 19.3 Å². The molecule has 0 aromatic heterocycles. The Balaban J connectivity index is 2.23. The zero-order valence-corrected chi connectivity index (χ0v) is 11.7. The highest BCUT2D eigenvalue weighted by atomic mass is 19.4. The number of anilines is 1. The van der Waals surface area contributed by atoms with Crippen LogP contribution >= 0.6 is 0 Å². The van der Waals surface area contributed by atoms with E-state index in [-0.39, 0.29) is 13.1 Å². The third-order valence-corrected chi connectivity index (χ3v) is 3.07. The minimum absolute atomic E-state index is 0.117. The van der Waals surface area contributed by atoms with Crippen LogP contribution in [-0.2, 0) is 17.9 Å². The normalized spacial score (nSPS) is 11.2. The number of benzene rings is 2. The largest absolute Gasteiger partial charge is 0.471 e. The summed E-state index contributed by atoms with van der Waals surface area (Å²) in [4.78, 5) is 12.4. The lowest BCUT2D eigenvalue weighted by Gasteiger charge is -2.24. The van der Waals surface area contributed by atoms with Gasteiger partial charge in [0.1, 0.15) is 0 Å². The van der Waals surface area contributed by atoms with Crippen LogP contribution in [0.15, 0.2) is 54.6 Å². The first kappa shape index (κ1) is 15.9. The van der Waals surface area contributed by atoms with E-state index < -0.39 is 12.1 Å². The van der Waals surface area contributed by atoms with Crippen LogP contribution in [0.5, 0.6) is 0 Å². The first-order valence-corrected chi connectivity index (χ1v) is 6.60. The average molecular weight is 308 g/mol. The van der Waals surface area contributed by atoms with E-state index in [0.717, 1.165) is 4.90 Å². The van der Waals surface area contributed by atoms with Gasteiger partial charge in [-0.2, -0.15) is 13.2 Å². The fourth-order valence-corrected chi connectivity index (χ4v) is 2.09. The molecule has 0 aliphatic rings. The summed E-state index contributed by atoms with van der Waals surface area (Å²) in [7, 11) is 0. The Morgan fingerprint density at radius 2 is 1.55 bits per heavy atom. The van der Waals surface area contributed by atoms with E-state index in [4.69, 9.17) is 5.73 Å². The van der Waals surface area contributed by atoms with Crippen molar-refractivity contribution >= 4 is 11.6 Å². The third-order valence-electron chi connectivity index (χ3n) is 3.07. The molecule has 0 aliphatic carbocycles. The van der Waals surface area contributed by atoms with Gasteiger partial charge in [-0.1, -0.05) is 42.5 Å². The van der Waals surface area contributed by atoms with Crippen LogP contribution < -0.4 is 5.73 Å². The highest BCUT2D eigenvalue weighted by Gasteiger charge is 2.42. The number of nitrogens with two attached hydrogens (primary N) is 1. The standard InChI is InChI=1S/C16H15F3N2O/c17-16(18,19)15(22)21(10-12-5-2-1-3-6-12)11-13-7-4-8-14(20)9-13/h1-9H,10-11,20H2. The van der Waals surface area contributed by atoms with Crippen molar-refractivity contribution in [2.75, 3.05) is 5.73 Å². The number of hydrogen-bond acceptors (Lipinski definition) is 2. The number of carbonyl (C=O) groups excluding carboxylic acids is 1. The van der Waals surface area contributed by atoms with Gasteiger partial charge in [-0.3, -0.25) is 4.79 Å². The maximum absolute atomic E-state index is 12.8. The van der Waals surface area contributed by atoms with Crippen LogP contribution in [0.1, 0.15) is 11.1 Å². The topological polar surface area (TPSA) is 46.3 Å². The molecule has 0 saturated carbocycles. The molecule has 0 bridgehead atoms.